The number of hydrogen-bond acceptors (Lipinski definition) is 8. The molecule has 0 aromatic carbocycles. The van der Waals surface area contributed by atoms with Crippen LogP contribution in [-0.4, -0.2) is 70.0 Å². The van der Waals surface area contributed by atoms with Gasteiger partial charge < -0.3 is 27.9 Å². The average Bonchev–Trinajstić information content (AvgIpc) is 3.27. The zero-order valence-corrected chi connectivity index (χ0v) is 45.1. The molecule has 0 spiro atoms. The van der Waals surface area contributed by atoms with Crippen LogP contribution in [0.2, 0.25) is 0 Å². The van der Waals surface area contributed by atoms with E-state index >= 15 is 0 Å². The molecule has 10 heteroatoms. The van der Waals surface area contributed by atoms with Gasteiger partial charge in [0.2, 0.25) is 0 Å². The molecule has 0 amide bonds. The number of phosphoric acid groups is 1. The summed E-state index contributed by atoms with van der Waals surface area (Å²) in [5, 5.41) is 0. The molecule has 0 aromatic rings. The normalized spacial score (nSPS) is 13.5. The Bertz CT molecular complexity index is 1170. The van der Waals surface area contributed by atoms with Crippen LogP contribution in [0.4, 0.5) is 0 Å². The van der Waals surface area contributed by atoms with Crippen LogP contribution < -0.4 is 4.89 Å². The fraction of sp³-hybridized carbons (Fsp3) is 0.893. The number of carbonyl (C=O) groups is 2. The van der Waals surface area contributed by atoms with Gasteiger partial charge in [0.15, 0.2) is 6.10 Å². The molecule has 0 N–H and O–H groups in total. The van der Waals surface area contributed by atoms with E-state index in [0.717, 1.165) is 51.4 Å². The lowest BCUT2D eigenvalue weighted by molar-refractivity contribution is -0.870. The van der Waals surface area contributed by atoms with Crippen LogP contribution in [0, 0.1) is 0 Å². The number of likely N-dealkylation sites (N-methyl/N-ethyl adjacent to an activating group) is 1. The third-order valence-electron chi connectivity index (χ3n) is 12.5. The maximum atomic E-state index is 12.7. The number of phosphoric ester groups is 1. The van der Waals surface area contributed by atoms with Crippen LogP contribution in [0.1, 0.15) is 271 Å². The summed E-state index contributed by atoms with van der Waals surface area (Å²) < 4.78 is 33.8. The topological polar surface area (TPSA) is 111 Å². The first-order chi connectivity index (χ1) is 32.0. The van der Waals surface area contributed by atoms with E-state index in [1.807, 2.05) is 21.1 Å². The summed E-state index contributed by atoms with van der Waals surface area (Å²) in [4.78, 5) is 37.3. The zero-order chi connectivity index (χ0) is 48.5. The van der Waals surface area contributed by atoms with Crippen LogP contribution in [0.5, 0.6) is 0 Å². The van der Waals surface area contributed by atoms with E-state index < -0.39 is 32.5 Å². The van der Waals surface area contributed by atoms with Gasteiger partial charge in [-0.05, 0) is 44.9 Å². The van der Waals surface area contributed by atoms with Crippen molar-refractivity contribution in [2.75, 3.05) is 47.5 Å². The summed E-state index contributed by atoms with van der Waals surface area (Å²) in [5.41, 5.74) is 0. The molecule has 9 nitrogen and oxygen atoms in total. The van der Waals surface area contributed by atoms with Crippen molar-refractivity contribution in [3.05, 3.63) is 24.3 Å². The summed E-state index contributed by atoms with van der Waals surface area (Å²) in [7, 11) is 1.18. The number of hydrogen-bond donors (Lipinski definition) is 0. The number of allylic oxidation sites excluding steroid dienone is 4. The Balaban J connectivity index is 3.73. The quantitative estimate of drug-likeness (QED) is 0.0195. The second-order valence-electron chi connectivity index (χ2n) is 20.3. The van der Waals surface area contributed by atoms with Crippen molar-refractivity contribution in [3.63, 3.8) is 0 Å². The Labute approximate surface area is 409 Å². The molecule has 66 heavy (non-hydrogen) atoms. The molecule has 0 heterocycles. The van der Waals surface area contributed by atoms with Gasteiger partial charge in [0, 0.05) is 12.8 Å². The number of carbonyl (C=O) groups excluding carboxylic acids is 2. The minimum absolute atomic E-state index is 0.0277. The lowest BCUT2D eigenvalue weighted by Gasteiger charge is -2.28. The van der Waals surface area contributed by atoms with Gasteiger partial charge in [-0.15, -0.1) is 0 Å². The molecule has 0 bridgehead atoms. The van der Waals surface area contributed by atoms with E-state index in [1.54, 1.807) is 0 Å². The number of esters is 2. The van der Waals surface area contributed by atoms with Gasteiger partial charge in [0.25, 0.3) is 7.82 Å². The van der Waals surface area contributed by atoms with Crippen molar-refractivity contribution >= 4 is 19.8 Å². The van der Waals surface area contributed by atoms with Gasteiger partial charge in [-0.25, -0.2) is 0 Å². The first kappa shape index (κ1) is 64.5. The monoisotopic (exact) mass is 954 g/mol. The number of rotatable bonds is 52. The van der Waals surface area contributed by atoms with Gasteiger partial charge in [0.05, 0.1) is 27.7 Å². The highest BCUT2D eigenvalue weighted by atomic mass is 31.2. The first-order valence-electron chi connectivity index (χ1n) is 28.0. The van der Waals surface area contributed by atoms with Crippen molar-refractivity contribution < 1.29 is 42.1 Å². The standard InChI is InChI=1S/C56H108NO8P/c1-6-8-10-12-13-14-15-16-17-18-19-20-21-22-23-24-25-26-27-28-29-30-31-32-33-34-35-36-37-38-39-40-41-42-43-45-47-49-56(59)65-54(52-62-55(58)48-46-44-11-9-7-2)53-64-66(60,61)63-51-50-57(3,4)5/h15-16,18-19,54H,6-14,17,20-53H2,1-5H3/b16-15-,19-18-. The fourth-order valence-corrected chi connectivity index (χ4v) is 8.83. The van der Waals surface area contributed by atoms with Gasteiger partial charge in [-0.2, -0.15) is 0 Å². The highest BCUT2D eigenvalue weighted by molar-refractivity contribution is 7.45. The number of nitrogens with zero attached hydrogens (tertiary/aromatic N) is 1. The van der Waals surface area contributed by atoms with Gasteiger partial charge >= 0.3 is 11.9 Å². The fourth-order valence-electron chi connectivity index (χ4n) is 8.10. The Kier molecular flexibility index (Phi) is 47.4. The molecule has 390 valence electrons. The van der Waals surface area contributed by atoms with Crippen molar-refractivity contribution in [1.29, 1.82) is 0 Å². The lowest BCUT2D eigenvalue weighted by Crippen LogP contribution is -2.37. The van der Waals surface area contributed by atoms with E-state index in [0.29, 0.717) is 17.4 Å². The predicted octanol–water partition coefficient (Wildman–Crippen LogP) is 16.4. The van der Waals surface area contributed by atoms with Crippen LogP contribution in [0.25, 0.3) is 0 Å². The summed E-state index contributed by atoms with van der Waals surface area (Å²) in [5.74, 6) is -0.836. The molecule has 0 aliphatic carbocycles. The Morgan fingerprint density at radius 2 is 0.818 bits per heavy atom. The molecule has 0 aliphatic heterocycles. The molecule has 0 aliphatic rings. The van der Waals surface area contributed by atoms with E-state index in [-0.39, 0.29) is 26.1 Å². The van der Waals surface area contributed by atoms with E-state index in [2.05, 4.69) is 38.2 Å². The second kappa shape index (κ2) is 48.5. The van der Waals surface area contributed by atoms with E-state index in [4.69, 9.17) is 18.5 Å². The second-order valence-corrected chi connectivity index (χ2v) is 21.7. The summed E-state index contributed by atoms with van der Waals surface area (Å²) >= 11 is 0. The third-order valence-corrected chi connectivity index (χ3v) is 13.4. The van der Waals surface area contributed by atoms with Gasteiger partial charge in [-0.3, -0.25) is 14.2 Å². The molecule has 0 radical (unpaired) electrons. The Morgan fingerprint density at radius 3 is 1.20 bits per heavy atom. The largest absolute Gasteiger partial charge is 0.756 e. The van der Waals surface area contributed by atoms with E-state index in [9.17, 15) is 19.0 Å². The van der Waals surface area contributed by atoms with Crippen molar-refractivity contribution in [3.8, 4) is 0 Å². The van der Waals surface area contributed by atoms with Crippen LogP contribution in [0.15, 0.2) is 24.3 Å². The maximum absolute atomic E-state index is 12.7. The minimum atomic E-state index is -4.61. The highest BCUT2D eigenvalue weighted by Gasteiger charge is 2.21. The molecule has 2 unspecified atom stereocenters. The number of unbranched alkanes of at least 4 members (excludes halogenated alkanes) is 34. The molecule has 0 fully saturated rings. The Hall–Kier alpha value is -1.51. The molecule has 0 aromatic heterocycles. The predicted molar refractivity (Wildman–Crippen MR) is 278 cm³/mol. The third kappa shape index (κ3) is 51.9. The molecular formula is C56H108NO8P. The molecule has 2 atom stereocenters. The van der Waals surface area contributed by atoms with E-state index in [1.165, 1.54) is 186 Å². The van der Waals surface area contributed by atoms with Crippen molar-refractivity contribution in [2.45, 2.75) is 277 Å². The number of ether oxygens (including phenoxy) is 2. The molecule has 0 rings (SSSR count). The summed E-state index contributed by atoms with van der Waals surface area (Å²) in [6.07, 6.45) is 57.4. The molecule has 0 saturated heterocycles. The molecular weight excluding hydrogens is 846 g/mol. The summed E-state index contributed by atoms with van der Waals surface area (Å²) in [6, 6.07) is 0. The SMILES string of the molecule is CCCCCCC/C=C\C/C=C\CCCCCCCCCCCCCCCCCCCCCCCCCCCC(=O)OC(COC(=O)CCCCCCC)COP(=O)([O-])OCC[N+](C)(C)C. The zero-order valence-electron chi connectivity index (χ0n) is 44.2. The maximum Gasteiger partial charge on any atom is 0.306 e. The van der Waals surface area contributed by atoms with Crippen LogP contribution >= 0.6 is 7.82 Å². The average molecular weight is 954 g/mol. The van der Waals surface area contributed by atoms with Crippen LogP contribution in [-0.2, 0) is 32.7 Å². The molecule has 0 saturated carbocycles. The van der Waals surface area contributed by atoms with Gasteiger partial charge in [-0.1, -0.05) is 237 Å². The van der Waals surface area contributed by atoms with Gasteiger partial charge in [0.1, 0.15) is 19.8 Å². The summed E-state index contributed by atoms with van der Waals surface area (Å²) in [6.45, 7) is 4.15. The number of quaternary nitrogens is 1. The lowest BCUT2D eigenvalue weighted by atomic mass is 10.0. The smallest absolute Gasteiger partial charge is 0.306 e. The van der Waals surface area contributed by atoms with Crippen molar-refractivity contribution in [1.82, 2.24) is 0 Å². The van der Waals surface area contributed by atoms with Crippen LogP contribution in [0.3, 0.4) is 0 Å². The first-order valence-corrected chi connectivity index (χ1v) is 29.5. The Morgan fingerprint density at radius 1 is 0.470 bits per heavy atom. The minimum Gasteiger partial charge on any atom is -0.756 e. The van der Waals surface area contributed by atoms with Crippen molar-refractivity contribution in [2.24, 2.45) is 0 Å². The highest BCUT2D eigenvalue weighted by Crippen LogP contribution is 2.38.